The van der Waals surface area contributed by atoms with E-state index >= 15 is 0 Å². The van der Waals surface area contributed by atoms with Crippen LogP contribution in [-0.4, -0.2) is 60.7 Å². The van der Waals surface area contributed by atoms with E-state index in [2.05, 4.69) is 14.9 Å². The van der Waals surface area contributed by atoms with Gasteiger partial charge in [0, 0.05) is 51.5 Å². The number of hydrogen-bond acceptors (Lipinski definition) is 5. The lowest BCUT2D eigenvalue weighted by Crippen LogP contribution is -2.52. The van der Waals surface area contributed by atoms with Crippen molar-refractivity contribution in [2.45, 2.75) is 32.6 Å². The molecule has 6 nitrogen and oxygen atoms in total. The maximum absolute atomic E-state index is 12.1. The van der Waals surface area contributed by atoms with Crippen molar-refractivity contribution in [3.63, 3.8) is 0 Å². The van der Waals surface area contributed by atoms with Gasteiger partial charge in [0.15, 0.2) is 0 Å². The van der Waals surface area contributed by atoms with Gasteiger partial charge in [-0.15, -0.1) is 0 Å². The van der Waals surface area contributed by atoms with Crippen LogP contribution in [0.4, 0.5) is 5.82 Å². The van der Waals surface area contributed by atoms with Crippen LogP contribution in [0.15, 0.2) is 12.4 Å². The van der Waals surface area contributed by atoms with E-state index in [0.717, 1.165) is 50.4 Å². The molecule has 3 heterocycles. The molecule has 2 saturated heterocycles. The summed E-state index contributed by atoms with van der Waals surface area (Å²) in [7, 11) is 1.69. The number of aryl methyl sites for hydroxylation is 1. The molecule has 1 spiro atoms. The molecule has 6 heteroatoms. The molecule has 0 radical (unpaired) electrons. The van der Waals surface area contributed by atoms with Gasteiger partial charge in [-0.1, -0.05) is 0 Å². The predicted octanol–water partition coefficient (Wildman–Crippen LogP) is 1.64. The third-order valence-electron chi connectivity index (χ3n) is 5.25. The molecule has 0 aromatic carbocycles. The molecule has 0 unspecified atom stereocenters. The Hall–Kier alpha value is -1.69. The van der Waals surface area contributed by atoms with Crippen molar-refractivity contribution in [1.29, 1.82) is 0 Å². The van der Waals surface area contributed by atoms with Crippen molar-refractivity contribution in [3.8, 4) is 0 Å². The molecular formula is C17H26N4O2. The standard InChI is InChI=1S/C17H26N4O2/c1-14-11-15(19-13-18-14)20-7-5-17(6-8-20)4-3-16(22)21(12-17)9-10-23-2/h11,13H,3-10,12H2,1-2H3. The predicted molar refractivity (Wildman–Crippen MR) is 88.3 cm³/mol. The quantitative estimate of drug-likeness (QED) is 0.845. The van der Waals surface area contributed by atoms with Gasteiger partial charge in [0.05, 0.1) is 6.61 Å². The Bertz CT molecular complexity index is 555. The summed E-state index contributed by atoms with van der Waals surface area (Å²) in [5.41, 5.74) is 1.28. The molecule has 0 atom stereocenters. The first-order chi connectivity index (χ1) is 11.1. The third kappa shape index (κ3) is 3.63. The van der Waals surface area contributed by atoms with E-state index < -0.39 is 0 Å². The van der Waals surface area contributed by atoms with Crippen molar-refractivity contribution >= 4 is 11.7 Å². The normalized spacial score (nSPS) is 21.0. The molecule has 3 rings (SSSR count). The topological polar surface area (TPSA) is 58.6 Å². The molecule has 2 aliphatic rings. The monoisotopic (exact) mass is 318 g/mol. The van der Waals surface area contributed by atoms with Gasteiger partial charge in [-0.3, -0.25) is 4.79 Å². The van der Waals surface area contributed by atoms with Crippen molar-refractivity contribution < 1.29 is 9.53 Å². The van der Waals surface area contributed by atoms with Crippen LogP contribution in [0.1, 0.15) is 31.4 Å². The van der Waals surface area contributed by atoms with Crippen LogP contribution in [-0.2, 0) is 9.53 Å². The number of carbonyl (C=O) groups is 1. The SMILES string of the molecule is COCCN1CC2(CCC1=O)CCN(c1cc(C)ncn1)CC2. The number of hydrogen-bond donors (Lipinski definition) is 0. The Balaban J connectivity index is 1.62. The summed E-state index contributed by atoms with van der Waals surface area (Å²) in [5.74, 6) is 1.30. The van der Waals surface area contributed by atoms with Crippen LogP contribution < -0.4 is 4.90 Å². The molecule has 1 amide bonds. The molecule has 0 aliphatic carbocycles. The van der Waals surface area contributed by atoms with E-state index in [9.17, 15) is 4.79 Å². The summed E-state index contributed by atoms with van der Waals surface area (Å²) < 4.78 is 5.14. The number of likely N-dealkylation sites (tertiary alicyclic amines) is 1. The van der Waals surface area contributed by atoms with Gasteiger partial charge in [0.25, 0.3) is 0 Å². The molecule has 0 saturated carbocycles. The zero-order chi connectivity index (χ0) is 16.3. The van der Waals surface area contributed by atoms with E-state index in [4.69, 9.17) is 4.74 Å². The number of aromatic nitrogens is 2. The summed E-state index contributed by atoms with van der Waals surface area (Å²) >= 11 is 0. The highest BCUT2D eigenvalue weighted by molar-refractivity contribution is 5.77. The van der Waals surface area contributed by atoms with Gasteiger partial charge in [-0.05, 0) is 31.6 Å². The fourth-order valence-electron chi connectivity index (χ4n) is 3.74. The number of anilines is 1. The summed E-state index contributed by atoms with van der Waals surface area (Å²) in [4.78, 5) is 25.0. The Kier molecular flexibility index (Phi) is 4.80. The molecule has 2 fully saturated rings. The van der Waals surface area contributed by atoms with Crippen LogP contribution in [0, 0.1) is 12.3 Å². The fraction of sp³-hybridized carbons (Fsp3) is 0.706. The van der Waals surface area contributed by atoms with E-state index in [1.54, 1.807) is 13.4 Å². The molecule has 1 aromatic heterocycles. The Labute approximate surface area is 137 Å². The minimum Gasteiger partial charge on any atom is -0.383 e. The highest BCUT2D eigenvalue weighted by Gasteiger charge is 2.40. The molecule has 1 aromatic rings. The first-order valence-electron chi connectivity index (χ1n) is 8.42. The average molecular weight is 318 g/mol. The van der Waals surface area contributed by atoms with Gasteiger partial charge in [-0.25, -0.2) is 9.97 Å². The summed E-state index contributed by atoms with van der Waals surface area (Å²) in [6.07, 6.45) is 5.57. The minimum absolute atomic E-state index is 0.278. The summed E-state index contributed by atoms with van der Waals surface area (Å²) in [6.45, 7) is 6.22. The third-order valence-corrected chi connectivity index (χ3v) is 5.25. The van der Waals surface area contributed by atoms with Crippen LogP contribution in [0.2, 0.25) is 0 Å². The van der Waals surface area contributed by atoms with E-state index in [1.807, 2.05) is 17.9 Å². The van der Waals surface area contributed by atoms with Crippen LogP contribution >= 0.6 is 0 Å². The van der Waals surface area contributed by atoms with Crippen molar-refractivity contribution in [3.05, 3.63) is 18.1 Å². The van der Waals surface area contributed by atoms with E-state index in [-0.39, 0.29) is 11.3 Å². The van der Waals surface area contributed by atoms with Crippen molar-refractivity contribution in [1.82, 2.24) is 14.9 Å². The fourth-order valence-corrected chi connectivity index (χ4v) is 3.74. The number of nitrogens with zero attached hydrogens (tertiary/aromatic N) is 4. The molecular weight excluding hydrogens is 292 g/mol. The highest BCUT2D eigenvalue weighted by Crippen LogP contribution is 2.40. The smallest absolute Gasteiger partial charge is 0.222 e. The molecule has 2 aliphatic heterocycles. The summed E-state index contributed by atoms with van der Waals surface area (Å²) in [6, 6.07) is 2.05. The summed E-state index contributed by atoms with van der Waals surface area (Å²) in [5, 5.41) is 0. The second kappa shape index (κ2) is 6.83. The van der Waals surface area contributed by atoms with Gasteiger partial charge >= 0.3 is 0 Å². The molecule has 23 heavy (non-hydrogen) atoms. The second-order valence-corrected chi connectivity index (χ2v) is 6.81. The second-order valence-electron chi connectivity index (χ2n) is 6.81. The largest absolute Gasteiger partial charge is 0.383 e. The number of carbonyl (C=O) groups excluding carboxylic acids is 1. The lowest BCUT2D eigenvalue weighted by molar-refractivity contribution is -0.139. The maximum Gasteiger partial charge on any atom is 0.222 e. The Morgan fingerprint density at radius 2 is 2.04 bits per heavy atom. The minimum atomic E-state index is 0.278. The first-order valence-corrected chi connectivity index (χ1v) is 8.42. The lowest BCUT2D eigenvalue weighted by atomic mass is 9.72. The number of amides is 1. The van der Waals surface area contributed by atoms with E-state index in [1.165, 1.54) is 0 Å². The van der Waals surface area contributed by atoms with Gasteiger partial charge in [0.1, 0.15) is 12.1 Å². The Morgan fingerprint density at radius 3 is 2.74 bits per heavy atom. The lowest BCUT2D eigenvalue weighted by Gasteiger charge is -2.47. The van der Waals surface area contributed by atoms with Crippen LogP contribution in [0.3, 0.4) is 0 Å². The van der Waals surface area contributed by atoms with Crippen LogP contribution in [0.25, 0.3) is 0 Å². The zero-order valence-corrected chi connectivity index (χ0v) is 14.1. The van der Waals surface area contributed by atoms with Gasteiger partial charge in [-0.2, -0.15) is 0 Å². The van der Waals surface area contributed by atoms with Crippen molar-refractivity contribution in [2.24, 2.45) is 5.41 Å². The maximum atomic E-state index is 12.1. The van der Waals surface area contributed by atoms with Crippen LogP contribution in [0.5, 0.6) is 0 Å². The average Bonchev–Trinajstić information content (AvgIpc) is 2.57. The molecule has 126 valence electrons. The Morgan fingerprint density at radius 1 is 1.26 bits per heavy atom. The number of rotatable bonds is 4. The van der Waals surface area contributed by atoms with Gasteiger partial charge < -0.3 is 14.5 Å². The first kappa shape index (κ1) is 16.2. The van der Waals surface area contributed by atoms with E-state index in [0.29, 0.717) is 19.6 Å². The molecule has 0 N–H and O–H groups in total. The number of piperidine rings is 2. The number of methoxy groups -OCH3 is 1. The zero-order valence-electron chi connectivity index (χ0n) is 14.1. The van der Waals surface area contributed by atoms with Gasteiger partial charge in [0.2, 0.25) is 5.91 Å². The highest BCUT2D eigenvalue weighted by atomic mass is 16.5. The number of ether oxygens (including phenoxy) is 1. The molecule has 0 bridgehead atoms. The van der Waals surface area contributed by atoms with Crippen molar-refractivity contribution in [2.75, 3.05) is 44.8 Å².